The average Bonchev–Trinajstić information content (AvgIpc) is 3.08. The molecule has 2 saturated carbocycles. The maximum Gasteiger partial charge on any atom is 0.173 e. The fourth-order valence-electron chi connectivity index (χ4n) is 4.18. The highest BCUT2D eigenvalue weighted by Gasteiger charge is 2.39. The summed E-state index contributed by atoms with van der Waals surface area (Å²) in [7, 11) is 2.06. The van der Waals surface area contributed by atoms with E-state index in [4.69, 9.17) is 22.5 Å². The topological polar surface area (TPSA) is 61.8 Å². The van der Waals surface area contributed by atoms with Crippen molar-refractivity contribution in [2.75, 3.05) is 18.5 Å². The smallest absolute Gasteiger partial charge is 0.173 e. The van der Waals surface area contributed by atoms with Crippen molar-refractivity contribution < 1.29 is 5.21 Å². The first-order chi connectivity index (χ1) is 10.1. The summed E-state index contributed by atoms with van der Waals surface area (Å²) >= 11 is 6.23. The van der Waals surface area contributed by atoms with E-state index in [9.17, 15) is 0 Å². The summed E-state index contributed by atoms with van der Waals surface area (Å²) in [5.74, 6) is 2.64. The van der Waals surface area contributed by atoms with Gasteiger partial charge in [-0.05, 0) is 49.1 Å². The fourth-order valence-corrected chi connectivity index (χ4v) is 4.45. The lowest BCUT2D eigenvalue weighted by molar-refractivity contribution is 0.318. The maximum absolute atomic E-state index is 8.97. The third-order valence-electron chi connectivity index (χ3n) is 5.16. The van der Waals surface area contributed by atoms with E-state index in [-0.39, 0.29) is 5.84 Å². The van der Waals surface area contributed by atoms with Gasteiger partial charge in [0.25, 0.3) is 0 Å². The van der Waals surface area contributed by atoms with Gasteiger partial charge in [-0.15, -0.1) is 0 Å². The van der Waals surface area contributed by atoms with Crippen molar-refractivity contribution in [2.24, 2.45) is 28.6 Å². The maximum atomic E-state index is 8.97. The van der Waals surface area contributed by atoms with Gasteiger partial charge in [0.05, 0.1) is 10.6 Å². The number of fused-ring (bicyclic) bond motifs is 2. The Morgan fingerprint density at radius 1 is 1.43 bits per heavy atom. The lowest BCUT2D eigenvalue weighted by Crippen LogP contribution is -2.30. The van der Waals surface area contributed by atoms with Gasteiger partial charge in [-0.25, -0.2) is 0 Å². The van der Waals surface area contributed by atoms with Crippen LogP contribution in [-0.4, -0.2) is 24.6 Å². The average molecular weight is 308 g/mol. The molecule has 0 heterocycles. The van der Waals surface area contributed by atoms with Gasteiger partial charge < -0.3 is 15.8 Å². The Kier molecular flexibility index (Phi) is 3.98. The van der Waals surface area contributed by atoms with Gasteiger partial charge in [0, 0.05) is 19.3 Å². The number of hydrogen-bond donors (Lipinski definition) is 2. The molecule has 2 fully saturated rings. The molecule has 2 aliphatic rings. The number of rotatable bonds is 4. The van der Waals surface area contributed by atoms with E-state index in [0.29, 0.717) is 10.6 Å². The van der Waals surface area contributed by atoms with Crippen LogP contribution in [0.25, 0.3) is 0 Å². The first-order valence-corrected chi connectivity index (χ1v) is 7.95. The minimum absolute atomic E-state index is 0.0652. The van der Waals surface area contributed by atoms with Crippen molar-refractivity contribution in [3.8, 4) is 0 Å². The molecule has 0 aliphatic heterocycles. The van der Waals surface area contributed by atoms with Gasteiger partial charge in [0.15, 0.2) is 5.84 Å². The number of halogens is 1. The lowest BCUT2D eigenvalue weighted by atomic mass is 9.88. The van der Waals surface area contributed by atoms with Gasteiger partial charge in [0.2, 0.25) is 0 Å². The summed E-state index contributed by atoms with van der Waals surface area (Å²) in [6, 6.07) is 5.65. The Labute approximate surface area is 130 Å². The summed E-state index contributed by atoms with van der Waals surface area (Å²) in [5.41, 5.74) is 7.34. The Bertz CT molecular complexity index is 560. The van der Waals surface area contributed by atoms with Crippen LogP contribution in [0.1, 0.15) is 31.2 Å². The molecule has 3 atom stereocenters. The van der Waals surface area contributed by atoms with Crippen molar-refractivity contribution in [2.45, 2.75) is 25.7 Å². The Morgan fingerprint density at radius 3 is 2.86 bits per heavy atom. The second-order valence-electron chi connectivity index (χ2n) is 6.43. The summed E-state index contributed by atoms with van der Waals surface area (Å²) < 4.78 is 0. The summed E-state index contributed by atoms with van der Waals surface area (Å²) in [6.45, 7) is 1.01. The van der Waals surface area contributed by atoms with Gasteiger partial charge in [-0.3, -0.25) is 0 Å². The zero-order valence-corrected chi connectivity index (χ0v) is 13.1. The summed E-state index contributed by atoms with van der Waals surface area (Å²) in [5, 5.41) is 12.6. The van der Waals surface area contributed by atoms with Crippen LogP contribution in [0, 0.1) is 17.8 Å². The van der Waals surface area contributed by atoms with Crippen molar-refractivity contribution in [3.05, 3.63) is 28.8 Å². The predicted octanol–water partition coefficient (Wildman–Crippen LogP) is 3.31. The molecule has 4 nitrogen and oxygen atoms in total. The molecule has 2 bridgehead atoms. The number of nitrogens with two attached hydrogens (primary N) is 1. The standard InChI is InChI=1S/C16H22ClN3O/c1-20(9-12-8-10-5-6-11(12)7-10)14-4-2-3-13(17)15(14)16(18)19-21/h2-4,10-12,21H,5-9H2,1H3,(H2,18,19). The first-order valence-electron chi connectivity index (χ1n) is 7.57. The molecule has 1 aromatic carbocycles. The number of nitrogens with zero attached hydrogens (tertiary/aromatic N) is 2. The monoisotopic (exact) mass is 307 g/mol. The fraction of sp³-hybridized carbons (Fsp3) is 0.562. The summed E-state index contributed by atoms with van der Waals surface area (Å²) in [6.07, 6.45) is 5.54. The van der Waals surface area contributed by atoms with E-state index in [2.05, 4.69) is 17.1 Å². The van der Waals surface area contributed by atoms with Crippen molar-refractivity contribution in [1.29, 1.82) is 0 Å². The molecule has 0 amide bonds. The largest absolute Gasteiger partial charge is 0.409 e. The van der Waals surface area contributed by atoms with Crippen LogP contribution in [0.2, 0.25) is 5.02 Å². The molecule has 21 heavy (non-hydrogen) atoms. The molecule has 0 radical (unpaired) electrons. The third-order valence-corrected chi connectivity index (χ3v) is 5.47. The Hall–Kier alpha value is -1.42. The molecule has 2 aliphatic carbocycles. The quantitative estimate of drug-likeness (QED) is 0.388. The highest BCUT2D eigenvalue weighted by molar-refractivity contribution is 6.34. The van der Waals surface area contributed by atoms with Crippen LogP contribution in [0.3, 0.4) is 0 Å². The van der Waals surface area contributed by atoms with Gasteiger partial charge >= 0.3 is 0 Å². The molecule has 5 heteroatoms. The van der Waals surface area contributed by atoms with E-state index in [0.717, 1.165) is 30.0 Å². The third kappa shape index (κ3) is 2.69. The molecule has 114 valence electrons. The highest BCUT2D eigenvalue weighted by atomic mass is 35.5. The zero-order chi connectivity index (χ0) is 15.0. The number of benzene rings is 1. The van der Waals surface area contributed by atoms with E-state index < -0.39 is 0 Å². The van der Waals surface area contributed by atoms with E-state index in [1.54, 1.807) is 6.07 Å². The Morgan fingerprint density at radius 2 is 2.24 bits per heavy atom. The molecule has 0 aromatic heterocycles. The minimum Gasteiger partial charge on any atom is -0.409 e. The van der Waals surface area contributed by atoms with Crippen LogP contribution in [-0.2, 0) is 0 Å². The minimum atomic E-state index is 0.0652. The predicted molar refractivity (Wildman–Crippen MR) is 86.2 cm³/mol. The van der Waals surface area contributed by atoms with Gasteiger partial charge in [-0.2, -0.15) is 0 Å². The normalized spacial score (nSPS) is 28.1. The van der Waals surface area contributed by atoms with Crippen molar-refractivity contribution in [1.82, 2.24) is 0 Å². The SMILES string of the molecule is CN(CC1CC2CCC1C2)c1cccc(Cl)c1C(N)=NO. The van der Waals surface area contributed by atoms with Crippen molar-refractivity contribution in [3.63, 3.8) is 0 Å². The van der Waals surface area contributed by atoms with Crippen LogP contribution in [0.15, 0.2) is 23.4 Å². The number of oxime groups is 1. The second kappa shape index (κ2) is 5.76. The lowest BCUT2D eigenvalue weighted by Gasteiger charge is -2.30. The van der Waals surface area contributed by atoms with Gasteiger partial charge in [0.1, 0.15) is 0 Å². The van der Waals surface area contributed by atoms with Crippen molar-refractivity contribution >= 4 is 23.1 Å². The first kappa shape index (κ1) is 14.5. The molecular formula is C16H22ClN3O. The molecule has 0 saturated heterocycles. The van der Waals surface area contributed by atoms with E-state index in [1.165, 1.54) is 25.7 Å². The van der Waals surface area contributed by atoms with Crippen LogP contribution >= 0.6 is 11.6 Å². The van der Waals surface area contributed by atoms with Crippen LogP contribution in [0.5, 0.6) is 0 Å². The van der Waals surface area contributed by atoms with E-state index in [1.807, 2.05) is 12.1 Å². The van der Waals surface area contributed by atoms with Crippen LogP contribution in [0.4, 0.5) is 5.69 Å². The highest BCUT2D eigenvalue weighted by Crippen LogP contribution is 2.48. The Balaban J connectivity index is 1.81. The zero-order valence-electron chi connectivity index (χ0n) is 12.3. The molecule has 0 spiro atoms. The molecule has 3 rings (SSSR count). The number of amidine groups is 1. The molecule has 1 aromatic rings. The summed E-state index contributed by atoms with van der Waals surface area (Å²) in [4.78, 5) is 2.20. The van der Waals surface area contributed by atoms with E-state index >= 15 is 0 Å². The number of hydrogen-bond acceptors (Lipinski definition) is 3. The molecule has 3 unspecified atom stereocenters. The molecule has 3 N–H and O–H groups in total. The second-order valence-corrected chi connectivity index (χ2v) is 6.84. The molecular weight excluding hydrogens is 286 g/mol. The van der Waals surface area contributed by atoms with Crippen LogP contribution < -0.4 is 10.6 Å². The van der Waals surface area contributed by atoms with Gasteiger partial charge in [-0.1, -0.05) is 29.2 Å². The number of anilines is 1.